The highest BCUT2D eigenvalue weighted by Gasteiger charge is 2.27. The molecule has 0 aliphatic carbocycles. The Morgan fingerprint density at radius 3 is 2.42 bits per heavy atom. The predicted molar refractivity (Wildman–Crippen MR) is 127 cm³/mol. The normalized spacial score (nSPS) is 16.5. The number of hydrogen-bond donors (Lipinski definition) is 2. The van der Waals surface area contributed by atoms with Gasteiger partial charge in [-0.05, 0) is 24.0 Å². The van der Waals surface area contributed by atoms with Gasteiger partial charge in [0.1, 0.15) is 6.61 Å². The van der Waals surface area contributed by atoms with Crippen molar-refractivity contribution >= 4 is 29.9 Å². The molecule has 0 spiro atoms. The first-order valence-corrected chi connectivity index (χ1v) is 10.4. The van der Waals surface area contributed by atoms with Crippen LogP contribution in [0.4, 0.5) is 13.2 Å². The second-order valence-electron chi connectivity index (χ2n) is 7.52. The van der Waals surface area contributed by atoms with Gasteiger partial charge in [0.2, 0.25) is 0 Å². The molecule has 2 rings (SSSR count). The highest BCUT2D eigenvalue weighted by molar-refractivity contribution is 14.0. The molecule has 1 atom stereocenters. The van der Waals surface area contributed by atoms with Crippen LogP contribution in [0.1, 0.15) is 25.0 Å². The summed E-state index contributed by atoms with van der Waals surface area (Å²) in [4.78, 5) is 7.02. The second kappa shape index (κ2) is 14.9. The number of rotatable bonds is 10. The van der Waals surface area contributed by atoms with Gasteiger partial charge in [0.25, 0.3) is 0 Å². The van der Waals surface area contributed by atoms with E-state index in [1.165, 1.54) is 0 Å². The van der Waals surface area contributed by atoms with Crippen LogP contribution in [-0.2, 0) is 22.6 Å². The van der Waals surface area contributed by atoms with Gasteiger partial charge >= 0.3 is 6.18 Å². The summed E-state index contributed by atoms with van der Waals surface area (Å²) in [7, 11) is 0. The van der Waals surface area contributed by atoms with E-state index in [0.29, 0.717) is 18.0 Å². The minimum Gasteiger partial charge on any atom is -0.379 e. The molecule has 1 aliphatic heterocycles. The number of morpholine rings is 1. The third kappa shape index (κ3) is 12.5. The van der Waals surface area contributed by atoms with Crippen molar-refractivity contribution in [2.24, 2.45) is 10.9 Å². The van der Waals surface area contributed by atoms with Crippen LogP contribution in [0, 0.1) is 5.92 Å². The number of alkyl halides is 3. The lowest BCUT2D eigenvalue weighted by molar-refractivity contribution is -0.176. The van der Waals surface area contributed by atoms with Gasteiger partial charge in [-0.15, -0.1) is 24.0 Å². The maximum absolute atomic E-state index is 12.1. The summed E-state index contributed by atoms with van der Waals surface area (Å²) in [6.07, 6.45) is -4.30. The number of halogens is 4. The molecule has 6 nitrogen and oxygen atoms in total. The van der Waals surface area contributed by atoms with Gasteiger partial charge in [-0.25, -0.2) is 4.99 Å². The first-order valence-electron chi connectivity index (χ1n) is 10.4. The van der Waals surface area contributed by atoms with Gasteiger partial charge in [-0.1, -0.05) is 31.2 Å². The SMILES string of the molecule is CCNC(=NCc1ccc(COCC(F)(F)F)cc1)NCC(C)CN1CCOCC1.I. The van der Waals surface area contributed by atoms with E-state index in [0.717, 1.165) is 57.5 Å². The van der Waals surface area contributed by atoms with E-state index in [1.807, 2.05) is 19.1 Å². The monoisotopic (exact) mass is 558 g/mol. The quantitative estimate of drug-likeness (QED) is 0.262. The molecule has 1 unspecified atom stereocenters. The van der Waals surface area contributed by atoms with Gasteiger partial charge in [-0.2, -0.15) is 13.2 Å². The lowest BCUT2D eigenvalue weighted by atomic mass is 10.1. The standard InChI is InChI=1S/C21H33F3N4O2.HI/c1-3-25-20(26-12-17(2)14-28-8-10-29-11-9-28)27-13-18-4-6-19(7-5-18)15-30-16-21(22,23)24;/h4-7,17H,3,8-16H2,1-2H3,(H2,25,26,27);1H. The van der Waals surface area contributed by atoms with Crippen LogP contribution in [0.2, 0.25) is 0 Å². The van der Waals surface area contributed by atoms with Crippen LogP contribution >= 0.6 is 24.0 Å². The zero-order chi connectivity index (χ0) is 21.8. The van der Waals surface area contributed by atoms with E-state index in [1.54, 1.807) is 12.1 Å². The Labute approximate surface area is 200 Å². The third-order valence-electron chi connectivity index (χ3n) is 4.61. The number of ether oxygens (including phenoxy) is 2. The van der Waals surface area contributed by atoms with Crippen LogP contribution in [0.5, 0.6) is 0 Å². The van der Waals surface area contributed by atoms with Crippen molar-refractivity contribution < 1.29 is 22.6 Å². The minimum absolute atomic E-state index is 0. The number of guanidine groups is 1. The maximum atomic E-state index is 12.1. The lowest BCUT2D eigenvalue weighted by Crippen LogP contribution is -2.44. The Bertz CT molecular complexity index is 639. The fourth-order valence-electron chi connectivity index (χ4n) is 3.10. The first kappa shape index (κ1) is 27.9. The summed E-state index contributed by atoms with van der Waals surface area (Å²) in [6, 6.07) is 7.26. The van der Waals surface area contributed by atoms with Crippen LogP contribution in [0.15, 0.2) is 29.3 Å². The molecule has 0 saturated carbocycles. The van der Waals surface area contributed by atoms with E-state index < -0.39 is 12.8 Å². The van der Waals surface area contributed by atoms with Gasteiger partial charge in [0.15, 0.2) is 5.96 Å². The Balaban J connectivity index is 0.00000480. The number of hydrogen-bond acceptors (Lipinski definition) is 4. The Morgan fingerprint density at radius 2 is 1.81 bits per heavy atom. The molecule has 1 aliphatic rings. The maximum Gasteiger partial charge on any atom is 0.411 e. The van der Waals surface area contributed by atoms with Crippen molar-refractivity contribution in [1.29, 1.82) is 0 Å². The number of aliphatic imine (C=N–C) groups is 1. The van der Waals surface area contributed by atoms with Crippen molar-refractivity contribution in [3.63, 3.8) is 0 Å². The third-order valence-corrected chi connectivity index (χ3v) is 4.61. The van der Waals surface area contributed by atoms with Crippen LogP contribution in [-0.4, -0.2) is 69.6 Å². The summed E-state index contributed by atoms with van der Waals surface area (Å²) in [5.41, 5.74) is 1.68. The molecule has 10 heteroatoms. The van der Waals surface area contributed by atoms with E-state index >= 15 is 0 Å². The van der Waals surface area contributed by atoms with Crippen molar-refractivity contribution in [2.45, 2.75) is 33.2 Å². The van der Waals surface area contributed by atoms with E-state index in [4.69, 9.17) is 4.74 Å². The summed E-state index contributed by atoms with van der Waals surface area (Å²) < 4.78 is 46.5. The molecule has 0 bridgehead atoms. The molecule has 31 heavy (non-hydrogen) atoms. The number of nitrogens with zero attached hydrogens (tertiary/aromatic N) is 2. The van der Waals surface area contributed by atoms with Crippen molar-refractivity contribution in [3.05, 3.63) is 35.4 Å². The van der Waals surface area contributed by atoms with Gasteiger partial charge in [-0.3, -0.25) is 4.90 Å². The first-order chi connectivity index (χ1) is 14.4. The largest absolute Gasteiger partial charge is 0.411 e. The van der Waals surface area contributed by atoms with E-state index in [2.05, 4.69) is 32.2 Å². The molecular formula is C21H34F3IN4O2. The summed E-state index contributed by atoms with van der Waals surface area (Å²) >= 11 is 0. The van der Waals surface area contributed by atoms with E-state index in [9.17, 15) is 13.2 Å². The molecule has 0 radical (unpaired) electrons. The molecule has 178 valence electrons. The number of benzene rings is 1. The average Bonchev–Trinajstić information content (AvgIpc) is 2.71. The molecule has 0 amide bonds. The summed E-state index contributed by atoms with van der Waals surface area (Å²) in [5, 5.41) is 6.63. The van der Waals surface area contributed by atoms with Gasteiger partial charge < -0.3 is 20.1 Å². The van der Waals surface area contributed by atoms with Crippen molar-refractivity contribution in [2.75, 3.05) is 52.5 Å². The molecule has 1 saturated heterocycles. The topological polar surface area (TPSA) is 58.1 Å². The lowest BCUT2D eigenvalue weighted by Gasteiger charge is -2.29. The zero-order valence-corrected chi connectivity index (χ0v) is 20.5. The summed E-state index contributed by atoms with van der Waals surface area (Å²) in [5.74, 6) is 1.23. The molecular weight excluding hydrogens is 524 g/mol. The molecule has 1 aromatic rings. The molecule has 1 fully saturated rings. The summed E-state index contributed by atoms with van der Waals surface area (Å²) in [6.45, 7) is 9.59. The highest BCUT2D eigenvalue weighted by atomic mass is 127. The zero-order valence-electron chi connectivity index (χ0n) is 18.2. The molecule has 1 aromatic carbocycles. The van der Waals surface area contributed by atoms with Crippen molar-refractivity contribution in [3.8, 4) is 0 Å². The van der Waals surface area contributed by atoms with Crippen LogP contribution in [0.3, 0.4) is 0 Å². The van der Waals surface area contributed by atoms with Crippen LogP contribution < -0.4 is 10.6 Å². The number of nitrogens with one attached hydrogen (secondary N) is 2. The van der Waals surface area contributed by atoms with Gasteiger partial charge in [0.05, 0.1) is 26.4 Å². The molecule has 0 aromatic heterocycles. The second-order valence-corrected chi connectivity index (χ2v) is 7.52. The molecule has 2 N–H and O–H groups in total. The van der Waals surface area contributed by atoms with Gasteiger partial charge in [0, 0.05) is 32.7 Å². The Morgan fingerprint density at radius 1 is 1.16 bits per heavy atom. The fourth-order valence-corrected chi connectivity index (χ4v) is 3.10. The Hall–Kier alpha value is -1.11. The smallest absolute Gasteiger partial charge is 0.379 e. The molecule has 1 heterocycles. The fraction of sp³-hybridized carbons (Fsp3) is 0.667. The minimum atomic E-state index is -4.30. The predicted octanol–water partition coefficient (Wildman–Crippen LogP) is 3.41. The average molecular weight is 558 g/mol. The van der Waals surface area contributed by atoms with E-state index in [-0.39, 0.29) is 30.6 Å². The highest BCUT2D eigenvalue weighted by Crippen LogP contribution is 2.16. The van der Waals surface area contributed by atoms with Crippen LogP contribution in [0.25, 0.3) is 0 Å². The van der Waals surface area contributed by atoms with Crippen molar-refractivity contribution in [1.82, 2.24) is 15.5 Å². The Kier molecular flexibility index (Phi) is 13.4.